The quantitative estimate of drug-likeness (QED) is 0.782. The highest BCUT2D eigenvalue weighted by molar-refractivity contribution is 4.89. The van der Waals surface area contributed by atoms with E-state index in [1.165, 1.54) is 45.3 Å². The van der Waals surface area contributed by atoms with Gasteiger partial charge >= 0.3 is 0 Å². The minimum Gasteiger partial charge on any atom is -0.330 e. The number of hydrogen-bond acceptors (Lipinski definition) is 3. The monoisotopic (exact) mass is 225 g/mol. The molecule has 0 aromatic heterocycles. The van der Waals surface area contributed by atoms with E-state index < -0.39 is 0 Å². The number of likely N-dealkylation sites (tertiary alicyclic amines) is 2. The zero-order valence-electron chi connectivity index (χ0n) is 10.9. The van der Waals surface area contributed by atoms with E-state index >= 15 is 0 Å². The average molecular weight is 225 g/mol. The minimum atomic E-state index is 0.764. The lowest BCUT2D eigenvalue weighted by Gasteiger charge is -2.36. The van der Waals surface area contributed by atoms with Gasteiger partial charge in [-0.25, -0.2) is 0 Å². The second-order valence-corrected chi connectivity index (χ2v) is 5.76. The fourth-order valence-corrected chi connectivity index (χ4v) is 3.33. The third-order valence-electron chi connectivity index (χ3n) is 4.51. The fourth-order valence-electron chi connectivity index (χ4n) is 3.33. The van der Waals surface area contributed by atoms with E-state index in [-0.39, 0.29) is 0 Å². The van der Waals surface area contributed by atoms with Crippen LogP contribution in [0.5, 0.6) is 0 Å². The van der Waals surface area contributed by atoms with Crippen molar-refractivity contribution >= 4 is 0 Å². The van der Waals surface area contributed by atoms with Crippen LogP contribution in [-0.2, 0) is 0 Å². The Balaban J connectivity index is 1.85. The molecule has 3 heteroatoms. The topological polar surface area (TPSA) is 32.5 Å². The molecule has 2 aliphatic heterocycles. The van der Waals surface area contributed by atoms with E-state index in [2.05, 4.69) is 23.8 Å². The molecule has 3 nitrogen and oxygen atoms in total. The summed E-state index contributed by atoms with van der Waals surface area (Å²) in [6.45, 7) is 7.08. The van der Waals surface area contributed by atoms with Crippen molar-refractivity contribution in [2.45, 2.75) is 44.7 Å². The SMILES string of the molecule is CC1CC(N2CCCC(CCN)C2)CN1C. The van der Waals surface area contributed by atoms with Crippen molar-refractivity contribution < 1.29 is 0 Å². The maximum absolute atomic E-state index is 5.68. The number of rotatable bonds is 3. The van der Waals surface area contributed by atoms with Gasteiger partial charge in [0.25, 0.3) is 0 Å². The molecule has 16 heavy (non-hydrogen) atoms. The Kier molecular flexibility index (Phi) is 4.22. The molecular formula is C13H27N3. The predicted octanol–water partition coefficient (Wildman–Crippen LogP) is 1.14. The molecule has 0 amide bonds. The van der Waals surface area contributed by atoms with Crippen molar-refractivity contribution in [1.29, 1.82) is 0 Å². The first-order valence-electron chi connectivity index (χ1n) is 6.85. The van der Waals surface area contributed by atoms with E-state index in [4.69, 9.17) is 5.73 Å². The van der Waals surface area contributed by atoms with Gasteiger partial charge in [-0.1, -0.05) is 0 Å². The molecule has 0 aromatic carbocycles. The standard InChI is InChI=1S/C13H27N3/c1-11-8-13(10-15(11)2)16-7-3-4-12(9-16)5-6-14/h11-13H,3-10,14H2,1-2H3. The number of likely N-dealkylation sites (N-methyl/N-ethyl adjacent to an activating group) is 1. The van der Waals surface area contributed by atoms with E-state index in [0.717, 1.165) is 24.5 Å². The van der Waals surface area contributed by atoms with Crippen molar-refractivity contribution in [2.75, 3.05) is 33.2 Å². The highest BCUT2D eigenvalue weighted by atomic mass is 15.3. The Hall–Kier alpha value is -0.120. The van der Waals surface area contributed by atoms with Crippen LogP contribution in [0.2, 0.25) is 0 Å². The van der Waals surface area contributed by atoms with Gasteiger partial charge in [-0.05, 0) is 58.7 Å². The second kappa shape index (κ2) is 5.48. The van der Waals surface area contributed by atoms with Gasteiger partial charge in [-0.3, -0.25) is 4.90 Å². The first-order valence-corrected chi connectivity index (χ1v) is 6.85. The van der Waals surface area contributed by atoms with Gasteiger partial charge in [0.1, 0.15) is 0 Å². The summed E-state index contributed by atoms with van der Waals surface area (Å²) in [5.41, 5.74) is 5.68. The molecule has 0 aliphatic carbocycles. The van der Waals surface area contributed by atoms with Gasteiger partial charge in [-0.15, -0.1) is 0 Å². The molecule has 0 saturated carbocycles. The van der Waals surface area contributed by atoms with Crippen LogP contribution in [0.1, 0.15) is 32.6 Å². The lowest BCUT2D eigenvalue weighted by molar-refractivity contribution is 0.123. The van der Waals surface area contributed by atoms with Gasteiger partial charge in [0, 0.05) is 25.2 Å². The van der Waals surface area contributed by atoms with Gasteiger partial charge in [0.15, 0.2) is 0 Å². The molecular weight excluding hydrogens is 198 g/mol. The van der Waals surface area contributed by atoms with Gasteiger partial charge in [-0.2, -0.15) is 0 Å². The van der Waals surface area contributed by atoms with E-state index in [0.29, 0.717) is 0 Å². The highest BCUT2D eigenvalue weighted by Gasteiger charge is 2.32. The highest BCUT2D eigenvalue weighted by Crippen LogP contribution is 2.26. The second-order valence-electron chi connectivity index (χ2n) is 5.76. The lowest BCUT2D eigenvalue weighted by atomic mass is 9.93. The van der Waals surface area contributed by atoms with Crippen LogP contribution in [0.3, 0.4) is 0 Å². The van der Waals surface area contributed by atoms with Crippen LogP contribution in [0.4, 0.5) is 0 Å². The minimum absolute atomic E-state index is 0.764. The van der Waals surface area contributed by atoms with Crippen LogP contribution in [0.15, 0.2) is 0 Å². The molecule has 2 saturated heterocycles. The first kappa shape index (κ1) is 12.3. The molecule has 2 aliphatic rings. The lowest BCUT2D eigenvalue weighted by Crippen LogP contribution is -2.44. The Labute approximate surface area is 100.0 Å². The van der Waals surface area contributed by atoms with Crippen LogP contribution in [0, 0.1) is 5.92 Å². The number of hydrogen-bond donors (Lipinski definition) is 1. The molecule has 2 fully saturated rings. The molecule has 2 rings (SSSR count). The maximum Gasteiger partial charge on any atom is 0.0238 e. The van der Waals surface area contributed by atoms with Crippen LogP contribution >= 0.6 is 0 Å². The van der Waals surface area contributed by atoms with E-state index in [9.17, 15) is 0 Å². The van der Waals surface area contributed by atoms with Gasteiger partial charge in [0.05, 0.1) is 0 Å². The zero-order chi connectivity index (χ0) is 11.5. The summed E-state index contributed by atoms with van der Waals surface area (Å²) in [4.78, 5) is 5.22. The predicted molar refractivity (Wildman–Crippen MR) is 68.5 cm³/mol. The molecule has 0 bridgehead atoms. The largest absolute Gasteiger partial charge is 0.330 e. The number of nitrogens with zero attached hydrogens (tertiary/aromatic N) is 2. The molecule has 0 radical (unpaired) electrons. The summed E-state index contributed by atoms with van der Waals surface area (Å²) in [6, 6.07) is 1.57. The van der Waals surface area contributed by atoms with Crippen molar-refractivity contribution in [3.8, 4) is 0 Å². The molecule has 3 atom stereocenters. The van der Waals surface area contributed by atoms with Crippen LogP contribution in [-0.4, -0.2) is 55.1 Å². The summed E-state index contributed by atoms with van der Waals surface area (Å²) >= 11 is 0. The number of piperidine rings is 1. The Morgan fingerprint density at radius 2 is 2.12 bits per heavy atom. The van der Waals surface area contributed by atoms with E-state index in [1.54, 1.807) is 0 Å². The number of nitrogens with two attached hydrogens (primary N) is 1. The Morgan fingerprint density at radius 3 is 2.75 bits per heavy atom. The summed E-state index contributed by atoms with van der Waals surface area (Å²) in [7, 11) is 2.26. The molecule has 2 N–H and O–H groups in total. The summed E-state index contributed by atoms with van der Waals surface area (Å²) in [5, 5.41) is 0. The van der Waals surface area contributed by atoms with Gasteiger partial charge < -0.3 is 10.6 Å². The summed E-state index contributed by atoms with van der Waals surface area (Å²) < 4.78 is 0. The van der Waals surface area contributed by atoms with Gasteiger partial charge in [0.2, 0.25) is 0 Å². The molecule has 0 spiro atoms. The summed E-state index contributed by atoms with van der Waals surface area (Å²) in [6.07, 6.45) is 5.34. The van der Waals surface area contributed by atoms with Crippen LogP contribution < -0.4 is 5.73 Å². The van der Waals surface area contributed by atoms with Crippen molar-refractivity contribution in [3.05, 3.63) is 0 Å². The maximum atomic E-state index is 5.68. The molecule has 0 aromatic rings. The Morgan fingerprint density at radius 1 is 1.31 bits per heavy atom. The average Bonchev–Trinajstić information content (AvgIpc) is 2.60. The zero-order valence-corrected chi connectivity index (χ0v) is 10.9. The summed E-state index contributed by atoms with van der Waals surface area (Å²) in [5.74, 6) is 0.861. The normalized spacial score (nSPS) is 38.1. The fraction of sp³-hybridized carbons (Fsp3) is 1.00. The molecule has 94 valence electrons. The third kappa shape index (κ3) is 2.76. The molecule has 3 unspecified atom stereocenters. The smallest absolute Gasteiger partial charge is 0.0238 e. The first-order chi connectivity index (χ1) is 7.70. The van der Waals surface area contributed by atoms with Crippen LogP contribution in [0.25, 0.3) is 0 Å². The molecule has 2 heterocycles. The third-order valence-corrected chi connectivity index (χ3v) is 4.51. The van der Waals surface area contributed by atoms with Crippen molar-refractivity contribution in [1.82, 2.24) is 9.80 Å². The van der Waals surface area contributed by atoms with Crippen molar-refractivity contribution in [2.24, 2.45) is 11.7 Å². The van der Waals surface area contributed by atoms with E-state index in [1.807, 2.05) is 0 Å². The Bertz CT molecular complexity index is 207. The van der Waals surface area contributed by atoms with Crippen molar-refractivity contribution in [3.63, 3.8) is 0 Å².